The third-order valence-corrected chi connectivity index (χ3v) is 5.73. The summed E-state index contributed by atoms with van der Waals surface area (Å²) in [5, 5.41) is 1.02. The molecule has 0 unspecified atom stereocenters. The molecule has 0 aliphatic heterocycles. The van der Waals surface area contributed by atoms with Gasteiger partial charge in [0.1, 0.15) is 6.79 Å². The molecule has 1 aromatic carbocycles. The second-order valence-corrected chi connectivity index (χ2v) is 9.54. The number of amides is 1. The van der Waals surface area contributed by atoms with Gasteiger partial charge in [-0.1, -0.05) is 50.6 Å². The maximum absolute atomic E-state index is 11.6. The Balaban J connectivity index is 0.00000648. The lowest BCUT2D eigenvalue weighted by Gasteiger charge is -2.20. The summed E-state index contributed by atoms with van der Waals surface area (Å²) < 4.78 is 13.5. The van der Waals surface area contributed by atoms with Crippen LogP contribution in [0.3, 0.4) is 0 Å². The van der Waals surface area contributed by atoms with Gasteiger partial charge in [-0.15, -0.1) is 0 Å². The molecule has 5 heteroatoms. The zero-order valence-electron chi connectivity index (χ0n) is 21.7. The SMILES string of the molecule is C=C/C=C(/COCOC(C)(C)C)C(=C)C(=C)/C=C\C(=C)Cn1c(C)c(C)c2cc(C(N)=O)ccc21.[HH]. The summed E-state index contributed by atoms with van der Waals surface area (Å²) in [6, 6.07) is 5.54. The highest BCUT2D eigenvalue weighted by Gasteiger charge is 2.14. The molecule has 1 aromatic heterocycles. The summed E-state index contributed by atoms with van der Waals surface area (Å²) >= 11 is 0. The largest absolute Gasteiger partial charge is 0.366 e. The normalized spacial score (nSPS) is 12.3. The molecule has 0 atom stereocenters. The number of hydrogen-bond acceptors (Lipinski definition) is 3. The number of hydrogen-bond donors (Lipinski definition) is 1. The van der Waals surface area contributed by atoms with Crippen LogP contribution in [0.25, 0.3) is 10.9 Å². The van der Waals surface area contributed by atoms with Crippen molar-refractivity contribution in [3.05, 3.63) is 108 Å². The number of nitrogens with zero attached hydrogens (tertiary/aromatic N) is 1. The van der Waals surface area contributed by atoms with E-state index in [-0.39, 0.29) is 13.8 Å². The van der Waals surface area contributed by atoms with Crippen LogP contribution in [-0.4, -0.2) is 29.5 Å². The fraction of sp³-hybridized carbons (Fsp3) is 0.300. The number of nitrogens with two attached hydrogens (primary N) is 1. The van der Waals surface area contributed by atoms with Gasteiger partial charge in [-0.3, -0.25) is 4.79 Å². The zero-order chi connectivity index (χ0) is 26.3. The van der Waals surface area contributed by atoms with Crippen molar-refractivity contribution in [1.29, 1.82) is 0 Å². The standard InChI is InChI=1S/C30H38N2O3.H2/c1-10-11-26(18-34-19-35-30(7,8)9)22(4)21(3)13-12-20(2)17-32-24(6)23(5)27-16-25(29(31)33)14-15-28(27)32;/h10-16H,1-4,17-19H2,5-9H3,(H2,31,33);1H/b13-12-,26-11-;. The van der Waals surface area contributed by atoms with Crippen molar-refractivity contribution < 1.29 is 15.7 Å². The molecule has 2 aromatic rings. The molecule has 0 aliphatic rings. The van der Waals surface area contributed by atoms with Gasteiger partial charge in [0.05, 0.1) is 12.2 Å². The number of carbonyl (C=O) groups excluding carboxylic acids is 1. The Morgan fingerprint density at radius 3 is 2.46 bits per heavy atom. The van der Waals surface area contributed by atoms with E-state index in [9.17, 15) is 4.79 Å². The number of carbonyl (C=O) groups is 1. The lowest BCUT2D eigenvalue weighted by molar-refractivity contribution is -0.114. The molecule has 0 fully saturated rings. The Morgan fingerprint density at radius 2 is 1.86 bits per heavy atom. The van der Waals surface area contributed by atoms with Crippen molar-refractivity contribution in [3.8, 4) is 0 Å². The third-order valence-electron chi connectivity index (χ3n) is 5.73. The van der Waals surface area contributed by atoms with Gasteiger partial charge in [0, 0.05) is 30.1 Å². The maximum Gasteiger partial charge on any atom is 0.248 e. The Kier molecular flexibility index (Phi) is 9.40. The summed E-state index contributed by atoms with van der Waals surface area (Å²) in [4.78, 5) is 11.6. The number of benzene rings is 1. The van der Waals surface area contributed by atoms with Crippen molar-refractivity contribution in [3.63, 3.8) is 0 Å². The predicted molar refractivity (Wildman–Crippen MR) is 149 cm³/mol. The van der Waals surface area contributed by atoms with E-state index in [0.717, 1.165) is 44.5 Å². The quantitative estimate of drug-likeness (QED) is 0.210. The number of aromatic nitrogens is 1. The summed E-state index contributed by atoms with van der Waals surface area (Å²) in [5.41, 5.74) is 12.3. The van der Waals surface area contributed by atoms with E-state index in [1.807, 2.05) is 58.1 Å². The summed E-state index contributed by atoms with van der Waals surface area (Å²) in [6.45, 7) is 27.5. The Bertz CT molecular complexity index is 1220. The van der Waals surface area contributed by atoms with Crippen LogP contribution >= 0.6 is 0 Å². The van der Waals surface area contributed by atoms with E-state index in [0.29, 0.717) is 18.7 Å². The Hall–Kier alpha value is -3.41. The Morgan fingerprint density at radius 1 is 1.17 bits per heavy atom. The molecule has 0 saturated carbocycles. The van der Waals surface area contributed by atoms with Crippen molar-refractivity contribution in [1.82, 2.24) is 4.57 Å². The Labute approximate surface area is 211 Å². The van der Waals surface area contributed by atoms with E-state index < -0.39 is 5.91 Å². The van der Waals surface area contributed by atoms with Crippen molar-refractivity contribution in [2.24, 2.45) is 5.73 Å². The zero-order valence-corrected chi connectivity index (χ0v) is 21.7. The van der Waals surface area contributed by atoms with Gasteiger partial charge in [0.15, 0.2) is 0 Å². The second-order valence-electron chi connectivity index (χ2n) is 9.54. The second kappa shape index (κ2) is 11.8. The van der Waals surface area contributed by atoms with Gasteiger partial charge in [-0.05, 0) is 80.7 Å². The minimum atomic E-state index is -0.431. The summed E-state index contributed by atoms with van der Waals surface area (Å²) in [6.07, 6.45) is 7.43. The predicted octanol–water partition coefficient (Wildman–Crippen LogP) is 6.73. The van der Waals surface area contributed by atoms with Crippen molar-refractivity contribution in [2.75, 3.05) is 13.4 Å². The van der Waals surface area contributed by atoms with Gasteiger partial charge >= 0.3 is 0 Å². The minimum Gasteiger partial charge on any atom is -0.366 e. The van der Waals surface area contributed by atoms with Crippen LogP contribution in [0, 0.1) is 13.8 Å². The van der Waals surface area contributed by atoms with Gasteiger partial charge in [-0.25, -0.2) is 0 Å². The van der Waals surface area contributed by atoms with E-state index in [1.54, 1.807) is 12.1 Å². The van der Waals surface area contributed by atoms with Crippen LogP contribution in [-0.2, 0) is 16.0 Å². The average molecular weight is 477 g/mol. The first-order valence-corrected chi connectivity index (χ1v) is 11.5. The highest BCUT2D eigenvalue weighted by atomic mass is 16.7. The summed E-state index contributed by atoms with van der Waals surface area (Å²) in [7, 11) is 0. The van der Waals surface area contributed by atoms with Crippen LogP contribution in [0.2, 0.25) is 0 Å². The molecule has 0 spiro atoms. The number of aryl methyl sites for hydroxylation is 1. The highest BCUT2D eigenvalue weighted by molar-refractivity contribution is 5.98. The van der Waals surface area contributed by atoms with Crippen LogP contribution in [0.4, 0.5) is 0 Å². The molecule has 2 rings (SSSR count). The van der Waals surface area contributed by atoms with E-state index in [1.165, 1.54) is 0 Å². The molecule has 35 heavy (non-hydrogen) atoms. The molecular formula is C30H40N2O3. The lowest BCUT2D eigenvalue weighted by atomic mass is 10.00. The van der Waals surface area contributed by atoms with Crippen LogP contribution in [0.1, 0.15) is 43.8 Å². The molecule has 188 valence electrons. The molecule has 0 bridgehead atoms. The summed E-state index contributed by atoms with van der Waals surface area (Å²) in [5.74, 6) is -0.431. The molecule has 2 N–H and O–H groups in total. The first-order valence-electron chi connectivity index (χ1n) is 11.5. The number of ether oxygens (including phenoxy) is 2. The minimum absolute atomic E-state index is 0. The van der Waals surface area contributed by atoms with Crippen molar-refractivity contribution in [2.45, 2.75) is 46.8 Å². The number of primary amides is 1. The number of allylic oxidation sites excluding steroid dienone is 6. The molecule has 0 radical (unpaired) electrons. The topological polar surface area (TPSA) is 66.5 Å². The molecular weight excluding hydrogens is 436 g/mol. The first-order chi connectivity index (χ1) is 16.4. The average Bonchev–Trinajstić information content (AvgIpc) is 3.02. The molecule has 0 saturated heterocycles. The molecule has 5 nitrogen and oxygen atoms in total. The van der Waals surface area contributed by atoms with Crippen molar-refractivity contribution >= 4 is 16.8 Å². The lowest BCUT2D eigenvalue weighted by Crippen LogP contribution is -2.21. The van der Waals surface area contributed by atoms with E-state index in [2.05, 4.69) is 37.8 Å². The van der Waals surface area contributed by atoms with Gasteiger partial charge in [-0.2, -0.15) is 0 Å². The number of fused-ring (bicyclic) bond motifs is 1. The maximum atomic E-state index is 11.6. The van der Waals surface area contributed by atoms with Gasteiger partial charge in [0.25, 0.3) is 0 Å². The first kappa shape index (κ1) is 27.8. The fourth-order valence-electron chi connectivity index (χ4n) is 3.54. The fourth-order valence-corrected chi connectivity index (χ4v) is 3.54. The third kappa shape index (κ3) is 7.54. The van der Waals surface area contributed by atoms with Gasteiger partial charge in [0.2, 0.25) is 5.91 Å². The van der Waals surface area contributed by atoms with Crippen LogP contribution in [0.5, 0.6) is 0 Å². The number of rotatable bonds is 12. The molecule has 1 amide bonds. The van der Waals surface area contributed by atoms with E-state index in [4.69, 9.17) is 15.2 Å². The van der Waals surface area contributed by atoms with E-state index >= 15 is 0 Å². The van der Waals surface area contributed by atoms with Crippen LogP contribution < -0.4 is 5.73 Å². The smallest absolute Gasteiger partial charge is 0.248 e. The highest BCUT2D eigenvalue weighted by Crippen LogP contribution is 2.27. The van der Waals surface area contributed by atoms with Gasteiger partial charge < -0.3 is 19.8 Å². The molecule has 1 heterocycles. The molecule has 0 aliphatic carbocycles. The monoisotopic (exact) mass is 476 g/mol. The van der Waals surface area contributed by atoms with Crippen LogP contribution in [0.15, 0.2) is 91.1 Å².